The van der Waals surface area contributed by atoms with Crippen LogP contribution in [0.3, 0.4) is 0 Å². The molecule has 1 unspecified atom stereocenters. The maximum atomic E-state index is 12.4. The Balaban J connectivity index is 0.00000441. The van der Waals surface area contributed by atoms with Gasteiger partial charge in [-0.05, 0) is 18.4 Å². The second-order valence-electron chi connectivity index (χ2n) is 5.65. The summed E-state index contributed by atoms with van der Waals surface area (Å²) in [6.45, 7) is 6.12. The van der Waals surface area contributed by atoms with Crippen LogP contribution in [0.2, 0.25) is 0 Å². The van der Waals surface area contributed by atoms with Crippen LogP contribution >= 0.6 is 12.4 Å². The van der Waals surface area contributed by atoms with Crippen LogP contribution in [0, 0.1) is 5.92 Å². The van der Waals surface area contributed by atoms with Crippen LogP contribution in [-0.2, 0) is 9.59 Å². The number of nitrogens with two attached hydrogens (primary N) is 1. The highest BCUT2D eigenvalue weighted by molar-refractivity contribution is 5.88. The molecule has 1 aromatic carbocycles. The average Bonchev–Trinajstić information content (AvgIpc) is 2.44. The Morgan fingerprint density at radius 3 is 2.18 bits per heavy atom. The van der Waals surface area contributed by atoms with Gasteiger partial charge in [-0.2, -0.15) is 0 Å². The Bertz CT molecular complexity index is 466. The van der Waals surface area contributed by atoms with E-state index in [9.17, 15) is 9.59 Å². The smallest absolute Gasteiger partial charge is 0.247 e. The molecule has 0 saturated carbocycles. The number of carbonyl (C=O) groups is 2. The van der Waals surface area contributed by atoms with E-state index in [2.05, 4.69) is 10.6 Å². The maximum Gasteiger partial charge on any atom is 0.247 e. The van der Waals surface area contributed by atoms with E-state index in [1.54, 1.807) is 0 Å². The van der Waals surface area contributed by atoms with Crippen molar-refractivity contribution >= 4 is 24.2 Å². The lowest BCUT2D eigenvalue weighted by molar-refractivity contribution is -0.129. The highest BCUT2D eigenvalue weighted by Crippen LogP contribution is 2.14. The van der Waals surface area contributed by atoms with Gasteiger partial charge in [0.2, 0.25) is 11.8 Å². The Hall–Kier alpha value is -1.59. The molecule has 0 aliphatic rings. The minimum atomic E-state index is -0.688. The molecule has 0 aliphatic carbocycles. The van der Waals surface area contributed by atoms with Crippen molar-refractivity contribution in [2.24, 2.45) is 11.7 Å². The zero-order valence-electron chi connectivity index (χ0n) is 13.3. The van der Waals surface area contributed by atoms with Crippen molar-refractivity contribution in [2.45, 2.75) is 39.3 Å². The van der Waals surface area contributed by atoms with Gasteiger partial charge in [0.05, 0.1) is 0 Å². The van der Waals surface area contributed by atoms with E-state index in [0.717, 1.165) is 5.56 Å². The minimum Gasteiger partial charge on any atom is -0.350 e. The molecular weight excluding hydrogens is 302 g/mol. The highest BCUT2D eigenvalue weighted by atomic mass is 35.5. The number of amides is 2. The van der Waals surface area contributed by atoms with Crippen LogP contribution in [0.5, 0.6) is 0 Å². The zero-order chi connectivity index (χ0) is 15.8. The summed E-state index contributed by atoms with van der Waals surface area (Å²) in [5.41, 5.74) is 6.28. The van der Waals surface area contributed by atoms with Crippen molar-refractivity contribution in [3.8, 4) is 0 Å². The molecule has 0 heterocycles. The van der Waals surface area contributed by atoms with Crippen molar-refractivity contribution in [2.75, 3.05) is 6.54 Å². The molecular formula is C16H26ClN3O2. The molecule has 6 heteroatoms. The largest absolute Gasteiger partial charge is 0.350 e. The Labute approximate surface area is 138 Å². The van der Waals surface area contributed by atoms with Crippen LogP contribution in [0.15, 0.2) is 30.3 Å². The molecule has 0 spiro atoms. The Kier molecular flexibility index (Phi) is 9.45. The molecule has 1 rings (SSSR count). The number of nitrogens with one attached hydrogen (secondary N) is 2. The average molecular weight is 328 g/mol. The summed E-state index contributed by atoms with van der Waals surface area (Å²) in [6.07, 6.45) is 0.392. The minimum absolute atomic E-state index is 0. The number of halogens is 1. The fourth-order valence-electron chi connectivity index (χ4n) is 1.92. The zero-order valence-corrected chi connectivity index (χ0v) is 14.2. The Morgan fingerprint density at radius 2 is 1.68 bits per heavy atom. The van der Waals surface area contributed by atoms with E-state index in [0.29, 0.717) is 13.0 Å². The van der Waals surface area contributed by atoms with Gasteiger partial charge >= 0.3 is 0 Å². The monoisotopic (exact) mass is 327 g/mol. The van der Waals surface area contributed by atoms with Crippen molar-refractivity contribution in [1.29, 1.82) is 0 Å². The normalized spacial score (nSPS) is 13.0. The second-order valence-corrected chi connectivity index (χ2v) is 5.65. The lowest BCUT2D eigenvalue weighted by Gasteiger charge is -2.21. The molecule has 0 aliphatic heterocycles. The van der Waals surface area contributed by atoms with Crippen LogP contribution in [-0.4, -0.2) is 24.4 Å². The van der Waals surface area contributed by atoms with Crippen LogP contribution in [0.1, 0.15) is 38.8 Å². The molecule has 2 atom stereocenters. The molecule has 0 fully saturated rings. The number of hydrogen-bond acceptors (Lipinski definition) is 3. The van der Waals surface area contributed by atoms with Gasteiger partial charge in [0.25, 0.3) is 0 Å². The van der Waals surface area contributed by atoms with Gasteiger partial charge in [-0.25, -0.2) is 0 Å². The first-order valence-corrected chi connectivity index (χ1v) is 7.28. The fourth-order valence-corrected chi connectivity index (χ4v) is 1.92. The molecule has 2 amide bonds. The summed E-state index contributed by atoms with van der Waals surface area (Å²) < 4.78 is 0. The molecule has 4 N–H and O–H groups in total. The molecule has 124 valence electrons. The summed E-state index contributed by atoms with van der Waals surface area (Å²) >= 11 is 0. The topological polar surface area (TPSA) is 84.2 Å². The molecule has 0 bridgehead atoms. The molecule has 0 aromatic heterocycles. The van der Waals surface area contributed by atoms with Crippen LogP contribution in [0.25, 0.3) is 0 Å². The lowest BCUT2D eigenvalue weighted by atomic mass is 10.0. The van der Waals surface area contributed by atoms with Gasteiger partial charge < -0.3 is 16.4 Å². The van der Waals surface area contributed by atoms with E-state index >= 15 is 0 Å². The van der Waals surface area contributed by atoms with E-state index in [4.69, 9.17) is 5.73 Å². The SMILES string of the molecule is CC(C)CC(=O)NC(C(=O)N[C@@H](C)CN)c1ccccc1.Cl. The summed E-state index contributed by atoms with van der Waals surface area (Å²) in [5.74, 6) is -0.127. The van der Waals surface area contributed by atoms with Crippen molar-refractivity contribution in [3.05, 3.63) is 35.9 Å². The quantitative estimate of drug-likeness (QED) is 0.713. The van der Waals surface area contributed by atoms with E-state index in [-0.39, 0.29) is 36.2 Å². The number of rotatable bonds is 7. The standard InChI is InChI=1S/C16H25N3O2.ClH/c1-11(2)9-14(20)19-15(13-7-5-4-6-8-13)16(21)18-12(3)10-17;/h4-8,11-12,15H,9-10,17H2,1-3H3,(H,18,21)(H,19,20);1H/t12-,15?;/m0./s1. The van der Waals surface area contributed by atoms with E-state index in [1.807, 2.05) is 51.1 Å². The van der Waals surface area contributed by atoms with E-state index in [1.165, 1.54) is 0 Å². The molecule has 0 radical (unpaired) electrons. The van der Waals surface area contributed by atoms with Gasteiger partial charge in [-0.1, -0.05) is 44.2 Å². The van der Waals surface area contributed by atoms with Gasteiger partial charge in [0.15, 0.2) is 0 Å². The first-order chi connectivity index (χ1) is 9.93. The number of hydrogen-bond donors (Lipinski definition) is 3. The molecule has 0 saturated heterocycles. The van der Waals surface area contributed by atoms with Gasteiger partial charge in [0.1, 0.15) is 6.04 Å². The molecule has 1 aromatic rings. The maximum absolute atomic E-state index is 12.4. The predicted molar refractivity (Wildman–Crippen MR) is 90.7 cm³/mol. The summed E-state index contributed by atoms with van der Waals surface area (Å²) in [4.78, 5) is 24.3. The predicted octanol–water partition coefficient (Wildman–Crippen LogP) is 1.78. The second kappa shape index (κ2) is 10.2. The van der Waals surface area contributed by atoms with Gasteiger partial charge in [-0.15, -0.1) is 12.4 Å². The fraction of sp³-hybridized carbons (Fsp3) is 0.500. The van der Waals surface area contributed by atoms with Crippen LogP contribution < -0.4 is 16.4 Å². The molecule has 5 nitrogen and oxygen atoms in total. The Morgan fingerprint density at radius 1 is 1.09 bits per heavy atom. The highest BCUT2D eigenvalue weighted by Gasteiger charge is 2.23. The first-order valence-electron chi connectivity index (χ1n) is 7.28. The van der Waals surface area contributed by atoms with Crippen LogP contribution in [0.4, 0.5) is 0 Å². The van der Waals surface area contributed by atoms with E-state index < -0.39 is 6.04 Å². The summed E-state index contributed by atoms with van der Waals surface area (Å²) in [5, 5.41) is 5.61. The van der Waals surface area contributed by atoms with Gasteiger partial charge in [-0.3, -0.25) is 9.59 Å². The summed E-state index contributed by atoms with van der Waals surface area (Å²) in [6, 6.07) is 8.39. The third kappa shape index (κ3) is 6.91. The number of carbonyl (C=O) groups excluding carboxylic acids is 2. The lowest BCUT2D eigenvalue weighted by Crippen LogP contribution is -2.45. The van der Waals surface area contributed by atoms with Crippen molar-refractivity contribution < 1.29 is 9.59 Å². The van der Waals surface area contributed by atoms with Gasteiger partial charge in [0, 0.05) is 19.0 Å². The summed E-state index contributed by atoms with van der Waals surface area (Å²) in [7, 11) is 0. The first kappa shape index (κ1) is 20.4. The van der Waals surface area contributed by atoms with Crippen molar-refractivity contribution in [1.82, 2.24) is 10.6 Å². The van der Waals surface area contributed by atoms with Crippen molar-refractivity contribution in [3.63, 3.8) is 0 Å². The number of benzene rings is 1. The third-order valence-electron chi connectivity index (χ3n) is 3.04. The molecule has 22 heavy (non-hydrogen) atoms. The third-order valence-corrected chi connectivity index (χ3v) is 3.04.